The number of nitrogens with two attached hydrogens (primary N) is 1. The Bertz CT molecular complexity index is 257. The minimum absolute atomic E-state index is 0.177. The van der Waals surface area contributed by atoms with Crippen LogP contribution in [-0.4, -0.2) is 24.3 Å². The van der Waals surface area contributed by atoms with E-state index < -0.39 is 0 Å². The minimum atomic E-state index is -0.267. The van der Waals surface area contributed by atoms with Crippen molar-refractivity contribution in [1.29, 1.82) is 0 Å². The summed E-state index contributed by atoms with van der Waals surface area (Å²) in [6, 6.07) is 0. The lowest BCUT2D eigenvalue weighted by molar-refractivity contribution is -0.120. The van der Waals surface area contributed by atoms with E-state index in [2.05, 4.69) is 23.6 Å². The van der Waals surface area contributed by atoms with E-state index in [1.165, 1.54) is 11.3 Å². The molecule has 0 aromatic rings. The average Bonchev–Trinajstić information content (AvgIpc) is 2.00. The molecule has 0 aliphatic heterocycles. The topological polar surface area (TPSA) is 70.7 Å². The van der Waals surface area contributed by atoms with Crippen LogP contribution in [0.4, 0.5) is 0 Å². The van der Waals surface area contributed by atoms with E-state index in [1.807, 2.05) is 0 Å². The van der Waals surface area contributed by atoms with Crippen LogP contribution in [0.15, 0.2) is 29.5 Å². The normalized spacial score (nSPS) is 9.69. The van der Waals surface area contributed by atoms with Gasteiger partial charge in [0.05, 0.1) is 0 Å². The third kappa shape index (κ3) is 5.49. The number of nitrogens with zero attached hydrogens (tertiary/aromatic N) is 2. The summed E-state index contributed by atoms with van der Waals surface area (Å²) in [4.78, 5) is 14.7. The summed E-state index contributed by atoms with van der Waals surface area (Å²) in [5.41, 5.74) is 8.09. The van der Waals surface area contributed by atoms with Crippen molar-refractivity contribution < 1.29 is 4.79 Å². The molecule has 0 atom stereocenters. The van der Waals surface area contributed by atoms with Gasteiger partial charge in [0.15, 0.2) is 0 Å². The van der Waals surface area contributed by atoms with Crippen molar-refractivity contribution in [3.63, 3.8) is 0 Å². The van der Waals surface area contributed by atoms with E-state index in [1.54, 1.807) is 14.0 Å². The van der Waals surface area contributed by atoms with Gasteiger partial charge in [0, 0.05) is 12.6 Å². The Labute approximate surface area is 77.6 Å². The standard InChI is InChI=1S/C8H14N4O/c1-6(2)8(13)11-12(4)5-10-7(3)9/h5H,1,3,9H2,2,4H3,(H,11,13). The van der Waals surface area contributed by atoms with Gasteiger partial charge in [-0.15, -0.1) is 0 Å². The smallest absolute Gasteiger partial charge is 0.264 e. The Morgan fingerprint density at radius 1 is 1.62 bits per heavy atom. The lowest BCUT2D eigenvalue weighted by Gasteiger charge is -2.13. The summed E-state index contributed by atoms with van der Waals surface area (Å²) in [5, 5.41) is 1.37. The third-order valence-corrected chi connectivity index (χ3v) is 1.06. The summed E-state index contributed by atoms with van der Waals surface area (Å²) in [5.74, 6) is -0.0898. The van der Waals surface area contributed by atoms with Crippen LogP contribution in [0.1, 0.15) is 6.92 Å². The Morgan fingerprint density at radius 3 is 2.54 bits per heavy atom. The first kappa shape index (κ1) is 11.2. The zero-order valence-electron chi connectivity index (χ0n) is 7.87. The summed E-state index contributed by atoms with van der Waals surface area (Å²) in [6.07, 6.45) is 1.35. The number of nitrogens with one attached hydrogen (secondary N) is 1. The van der Waals surface area contributed by atoms with Crippen molar-refractivity contribution >= 4 is 12.2 Å². The fourth-order valence-electron chi connectivity index (χ4n) is 0.445. The van der Waals surface area contributed by atoms with Gasteiger partial charge in [-0.05, 0) is 6.92 Å². The highest BCUT2D eigenvalue weighted by molar-refractivity contribution is 5.92. The van der Waals surface area contributed by atoms with E-state index in [9.17, 15) is 4.79 Å². The summed E-state index contributed by atoms with van der Waals surface area (Å²) >= 11 is 0. The van der Waals surface area contributed by atoms with Gasteiger partial charge < -0.3 is 5.73 Å². The van der Waals surface area contributed by atoms with E-state index in [0.29, 0.717) is 5.57 Å². The maximum absolute atomic E-state index is 11.0. The fourth-order valence-corrected chi connectivity index (χ4v) is 0.445. The molecule has 0 heterocycles. The number of amides is 1. The average molecular weight is 182 g/mol. The molecule has 5 nitrogen and oxygen atoms in total. The summed E-state index contributed by atoms with van der Waals surface area (Å²) in [6.45, 7) is 8.46. The molecule has 0 saturated heterocycles. The van der Waals surface area contributed by atoms with Gasteiger partial charge in [0.1, 0.15) is 12.2 Å². The van der Waals surface area contributed by atoms with Gasteiger partial charge in [-0.3, -0.25) is 15.2 Å². The van der Waals surface area contributed by atoms with Crippen LogP contribution in [0.3, 0.4) is 0 Å². The molecular weight excluding hydrogens is 168 g/mol. The molecule has 0 bridgehead atoms. The summed E-state index contributed by atoms with van der Waals surface area (Å²) < 4.78 is 0. The lowest BCUT2D eigenvalue weighted by Crippen LogP contribution is -2.38. The molecule has 0 aromatic heterocycles. The fraction of sp³-hybridized carbons (Fsp3) is 0.250. The number of aliphatic imine (C=N–C) groups is 1. The van der Waals surface area contributed by atoms with Crippen molar-refractivity contribution in [2.24, 2.45) is 10.7 Å². The van der Waals surface area contributed by atoms with E-state index in [4.69, 9.17) is 5.73 Å². The molecule has 0 radical (unpaired) electrons. The number of hydrogen-bond acceptors (Lipinski definition) is 3. The first-order chi connectivity index (χ1) is 5.93. The number of rotatable bonds is 4. The van der Waals surface area contributed by atoms with Gasteiger partial charge >= 0.3 is 0 Å². The van der Waals surface area contributed by atoms with E-state index >= 15 is 0 Å². The van der Waals surface area contributed by atoms with E-state index in [0.717, 1.165) is 0 Å². The van der Waals surface area contributed by atoms with Crippen LogP contribution in [0.2, 0.25) is 0 Å². The molecule has 13 heavy (non-hydrogen) atoms. The number of hydrogen-bond donors (Lipinski definition) is 2. The van der Waals surface area contributed by atoms with Crippen LogP contribution >= 0.6 is 0 Å². The Balaban J connectivity index is 4.01. The highest BCUT2D eigenvalue weighted by Crippen LogP contribution is 1.86. The summed E-state index contributed by atoms with van der Waals surface area (Å²) in [7, 11) is 1.62. The minimum Gasteiger partial charge on any atom is -0.384 e. The van der Waals surface area contributed by atoms with Crippen LogP contribution in [-0.2, 0) is 4.79 Å². The van der Waals surface area contributed by atoms with Crippen molar-refractivity contribution in [2.45, 2.75) is 6.92 Å². The molecule has 0 rings (SSSR count). The zero-order chi connectivity index (χ0) is 10.4. The predicted octanol–water partition coefficient (Wildman–Crippen LogP) is -0.0163. The van der Waals surface area contributed by atoms with Gasteiger partial charge in [0.2, 0.25) is 0 Å². The first-order valence-electron chi connectivity index (χ1n) is 3.61. The third-order valence-electron chi connectivity index (χ3n) is 1.06. The Kier molecular flexibility index (Phi) is 4.29. The molecule has 0 aromatic carbocycles. The second-order valence-corrected chi connectivity index (χ2v) is 2.57. The van der Waals surface area contributed by atoms with Crippen LogP contribution in [0.25, 0.3) is 0 Å². The molecule has 5 heteroatoms. The van der Waals surface area contributed by atoms with Crippen molar-refractivity contribution in [3.8, 4) is 0 Å². The maximum atomic E-state index is 11.0. The lowest BCUT2D eigenvalue weighted by atomic mass is 10.3. The monoisotopic (exact) mass is 182 g/mol. The molecule has 0 aliphatic rings. The number of carbonyl (C=O) groups excluding carboxylic acids is 1. The molecule has 72 valence electrons. The molecule has 0 spiro atoms. The quantitative estimate of drug-likeness (QED) is 0.278. The van der Waals surface area contributed by atoms with Crippen LogP contribution in [0.5, 0.6) is 0 Å². The molecule has 1 amide bonds. The zero-order valence-corrected chi connectivity index (χ0v) is 7.87. The second-order valence-electron chi connectivity index (χ2n) is 2.57. The largest absolute Gasteiger partial charge is 0.384 e. The van der Waals surface area contributed by atoms with E-state index in [-0.39, 0.29) is 11.7 Å². The van der Waals surface area contributed by atoms with Crippen molar-refractivity contribution in [3.05, 3.63) is 24.6 Å². The SMILES string of the molecule is C=C(N)N=CN(C)NC(=O)C(=C)C. The molecule has 0 aliphatic carbocycles. The maximum Gasteiger partial charge on any atom is 0.264 e. The second kappa shape index (κ2) is 4.97. The van der Waals surface area contributed by atoms with Crippen LogP contribution in [0, 0.1) is 0 Å². The van der Waals surface area contributed by atoms with Gasteiger partial charge in [-0.25, -0.2) is 4.99 Å². The number of hydrazine groups is 1. The molecule has 0 unspecified atom stereocenters. The van der Waals surface area contributed by atoms with Gasteiger partial charge in [-0.1, -0.05) is 13.2 Å². The van der Waals surface area contributed by atoms with Gasteiger partial charge in [-0.2, -0.15) is 0 Å². The Hall–Kier alpha value is -1.78. The predicted molar refractivity (Wildman–Crippen MR) is 52.5 cm³/mol. The van der Waals surface area contributed by atoms with Gasteiger partial charge in [0.25, 0.3) is 5.91 Å². The molecule has 3 N–H and O–H groups in total. The highest BCUT2D eigenvalue weighted by atomic mass is 16.2. The molecule has 0 fully saturated rings. The number of carbonyl (C=O) groups is 1. The van der Waals surface area contributed by atoms with Crippen LogP contribution < -0.4 is 11.2 Å². The Morgan fingerprint density at radius 2 is 2.15 bits per heavy atom. The highest BCUT2D eigenvalue weighted by Gasteiger charge is 2.01. The first-order valence-corrected chi connectivity index (χ1v) is 3.61. The molecular formula is C8H14N4O. The van der Waals surface area contributed by atoms with Crippen molar-refractivity contribution in [1.82, 2.24) is 10.4 Å². The van der Waals surface area contributed by atoms with Crippen molar-refractivity contribution in [2.75, 3.05) is 7.05 Å². The molecule has 0 saturated carbocycles.